The van der Waals surface area contributed by atoms with E-state index in [0.717, 1.165) is 32.1 Å². The minimum absolute atomic E-state index is 0.0830. The second kappa shape index (κ2) is 12.0. The van der Waals surface area contributed by atoms with E-state index >= 15 is 0 Å². The van der Waals surface area contributed by atoms with Crippen LogP contribution in [0.2, 0.25) is 36.3 Å². The molecule has 7 nitrogen and oxygen atoms in total. The fourth-order valence-corrected chi connectivity index (χ4v) is 11.1. The van der Waals surface area contributed by atoms with Crippen LogP contribution in [0.3, 0.4) is 0 Å². The second-order valence-electron chi connectivity index (χ2n) is 17.0. The quantitative estimate of drug-likeness (QED) is 0.0949. The van der Waals surface area contributed by atoms with Gasteiger partial charge < -0.3 is 23.1 Å². The van der Waals surface area contributed by atoms with Gasteiger partial charge in [-0.3, -0.25) is 9.59 Å². The summed E-state index contributed by atoms with van der Waals surface area (Å²) in [5.41, 5.74) is -1.04. The maximum absolute atomic E-state index is 13.9. The van der Waals surface area contributed by atoms with E-state index in [1.54, 1.807) is 6.08 Å². The van der Waals surface area contributed by atoms with Gasteiger partial charge in [0.2, 0.25) is 0 Å². The van der Waals surface area contributed by atoms with Crippen LogP contribution < -0.4 is 0 Å². The summed E-state index contributed by atoms with van der Waals surface area (Å²) >= 11 is 0. The number of hydrogen-bond acceptors (Lipinski definition) is 7. The Balaban J connectivity index is 1.71. The molecule has 8 atom stereocenters. The van der Waals surface area contributed by atoms with Crippen LogP contribution in [-0.4, -0.2) is 67.2 Å². The van der Waals surface area contributed by atoms with Gasteiger partial charge in [-0.05, 0) is 86.1 Å². The third-order valence-electron chi connectivity index (χ3n) is 12.7. The van der Waals surface area contributed by atoms with Gasteiger partial charge in [-0.25, -0.2) is 0 Å². The zero-order valence-electron chi connectivity index (χ0n) is 29.0. The van der Waals surface area contributed by atoms with Crippen LogP contribution in [-0.2, 0) is 32.7 Å². The largest absolute Gasteiger partial charge is 0.469 e. The molecular formula is C34H60O7Si2. The lowest BCUT2D eigenvalue weighted by Crippen LogP contribution is -2.45. The Morgan fingerprint density at radius 3 is 2.28 bits per heavy atom. The number of carbonyl (C=O) groups excluding carboxylic acids is 2. The summed E-state index contributed by atoms with van der Waals surface area (Å²) in [6.45, 7) is 27.8. The highest BCUT2D eigenvalue weighted by Gasteiger charge is 2.78. The van der Waals surface area contributed by atoms with Gasteiger partial charge in [0.1, 0.15) is 5.60 Å². The first-order valence-electron chi connectivity index (χ1n) is 16.6. The number of fused-ring (bicyclic) bond motifs is 3. The predicted molar refractivity (Wildman–Crippen MR) is 175 cm³/mol. The van der Waals surface area contributed by atoms with E-state index in [-0.39, 0.29) is 52.0 Å². The number of methoxy groups -OCH3 is 1. The first kappa shape index (κ1) is 34.9. The first-order valence-corrected chi connectivity index (χ1v) is 22.4. The maximum atomic E-state index is 13.9. The molecule has 0 N–H and O–H groups in total. The zero-order chi connectivity index (χ0) is 32.2. The van der Waals surface area contributed by atoms with Crippen molar-refractivity contribution >= 4 is 28.6 Å². The summed E-state index contributed by atoms with van der Waals surface area (Å²) < 4.78 is 31.8. The number of rotatable bonds is 12. The predicted octanol–water partition coefficient (Wildman–Crippen LogP) is 7.52. The standard InChI is InChI=1S/C34H60O7Si2/c1-13-18-38-22-24-27-28(30(36)37-8)33-20-23(25(21-33)41-43(11,12)32(5,6)7)15-16-26(33)34(27,40-29(24)35)17-14-19-39-42(9,10)31(2,3)4/h13,23-28H,1,14-22H2,2-12H3/t23-,24+,25+,26-,27+,28-,33-,34-/m1/s1. The van der Waals surface area contributed by atoms with Crippen LogP contribution in [0.1, 0.15) is 80.1 Å². The zero-order valence-corrected chi connectivity index (χ0v) is 31.0. The smallest absolute Gasteiger partial charge is 0.312 e. The van der Waals surface area contributed by atoms with E-state index < -0.39 is 34.1 Å². The molecule has 3 aliphatic carbocycles. The second-order valence-corrected chi connectivity index (χ2v) is 26.6. The number of carbonyl (C=O) groups is 2. The Kier molecular flexibility index (Phi) is 9.71. The van der Waals surface area contributed by atoms with E-state index in [2.05, 4.69) is 74.3 Å². The Hall–Kier alpha value is -1.01. The summed E-state index contributed by atoms with van der Waals surface area (Å²) in [7, 11) is -2.47. The molecule has 0 unspecified atom stereocenters. The van der Waals surface area contributed by atoms with Crippen LogP contribution in [0.5, 0.6) is 0 Å². The highest BCUT2D eigenvalue weighted by molar-refractivity contribution is 6.74. The third-order valence-corrected chi connectivity index (χ3v) is 21.7. The molecule has 4 rings (SSSR count). The highest BCUT2D eigenvalue weighted by Crippen LogP contribution is 2.74. The molecule has 0 radical (unpaired) electrons. The summed E-state index contributed by atoms with van der Waals surface area (Å²) in [5.74, 6) is -1.19. The minimum Gasteiger partial charge on any atom is -0.469 e. The molecule has 1 heterocycles. The van der Waals surface area contributed by atoms with E-state index in [4.69, 9.17) is 23.1 Å². The molecule has 246 valence electrons. The third kappa shape index (κ3) is 5.99. The normalized spacial score (nSPS) is 35.8. The van der Waals surface area contributed by atoms with Gasteiger partial charge in [0.05, 0.1) is 32.2 Å². The van der Waals surface area contributed by atoms with Crippen LogP contribution in [0.25, 0.3) is 0 Å². The van der Waals surface area contributed by atoms with Crippen molar-refractivity contribution < 1.29 is 32.7 Å². The molecule has 2 bridgehead atoms. The molecule has 4 aliphatic rings. The fraction of sp³-hybridized carbons (Fsp3) is 0.882. The molecular weight excluding hydrogens is 577 g/mol. The molecule has 0 aromatic carbocycles. The van der Waals surface area contributed by atoms with Crippen molar-refractivity contribution in [2.45, 2.75) is 128 Å². The molecule has 43 heavy (non-hydrogen) atoms. The van der Waals surface area contributed by atoms with E-state index in [0.29, 0.717) is 25.6 Å². The maximum Gasteiger partial charge on any atom is 0.312 e. The van der Waals surface area contributed by atoms with Gasteiger partial charge in [0.25, 0.3) is 0 Å². The lowest BCUT2D eigenvalue weighted by atomic mass is 9.63. The average Bonchev–Trinajstić information content (AvgIpc) is 3.40. The Labute approximate surface area is 263 Å². The molecule has 1 saturated heterocycles. The Morgan fingerprint density at radius 2 is 1.70 bits per heavy atom. The van der Waals surface area contributed by atoms with Crippen LogP contribution in [0.15, 0.2) is 12.7 Å². The monoisotopic (exact) mass is 636 g/mol. The van der Waals surface area contributed by atoms with Crippen molar-refractivity contribution in [2.24, 2.45) is 35.0 Å². The number of ether oxygens (including phenoxy) is 3. The van der Waals surface area contributed by atoms with E-state index in [1.807, 2.05) is 0 Å². The van der Waals surface area contributed by atoms with E-state index in [1.165, 1.54) is 7.11 Å². The molecule has 0 amide bonds. The molecule has 1 aliphatic heterocycles. The topological polar surface area (TPSA) is 80.3 Å². The van der Waals surface area contributed by atoms with Crippen molar-refractivity contribution in [2.75, 3.05) is 26.9 Å². The molecule has 4 fully saturated rings. The summed E-state index contributed by atoms with van der Waals surface area (Å²) in [5, 5.41) is 0.221. The van der Waals surface area contributed by atoms with Gasteiger partial charge in [-0.2, -0.15) is 0 Å². The summed E-state index contributed by atoms with van der Waals surface area (Å²) in [6.07, 6.45) is 6.99. The molecule has 0 aromatic heterocycles. The molecule has 9 heteroatoms. The van der Waals surface area contributed by atoms with Crippen molar-refractivity contribution in [1.29, 1.82) is 0 Å². The van der Waals surface area contributed by atoms with Crippen molar-refractivity contribution in [3.8, 4) is 0 Å². The Bertz CT molecular complexity index is 1060. The van der Waals surface area contributed by atoms with Crippen LogP contribution >= 0.6 is 0 Å². The van der Waals surface area contributed by atoms with Crippen molar-refractivity contribution in [3.05, 3.63) is 12.7 Å². The number of hydrogen-bond donors (Lipinski definition) is 0. The van der Waals surface area contributed by atoms with Gasteiger partial charge >= 0.3 is 11.9 Å². The highest BCUT2D eigenvalue weighted by atomic mass is 28.4. The molecule has 3 saturated carbocycles. The van der Waals surface area contributed by atoms with Gasteiger partial charge in [0, 0.05) is 24.5 Å². The lowest BCUT2D eigenvalue weighted by Gasteiger charge is -2.44. The first-order chi connectivity index (χ1) is 19.8. The average molecular weight is 637 g/mol. The van der Waals surface area contributed by atoms with Gasteiger partial charge in [0.15, 0.2) is 16.6 Å². The van der Waals surface area contributed by atoms with Crippen LogP contribution in [0, 0.1) is 35.0 Å². The van der Waals surface area contributed by atoms with Crippen molar-refractivity contribution in [3.63, 3.8) is 0 Å². The van der Waals surface area contributed by atoms with Gasteiger partial charge in [-0.1, -0.05) is 47.6 Å². The Morgan fingerprint density at radius 1 is 1.05 bits per heavy atom. The molecule has 0 aromatic rings. The lowest BCUT2D eigenvalue weighted by molar-refractivity contribution is -0.161. The SMILES string of the molecule is C=CCOC[C@@H]1C(=O)O[C@@]2(CCCO[Si](C)(C)C(C)(C)C)[C@@H]1[C@H](C(=O)OC)[C@@]13C[C@@H](CC[C@H]12)[C@@H](O[Si](C)(C)C(C)(C)C)C3. The summed E-state index contributed by atoms with van der Waals surface area (Å²) in [4.78, 5) is 27.6. The minimum atomic E-state index is -2.03. The fourth-order valence-electron chi connectivity index (χ4n) is 8.62. The van der Waals surface area contributed by atoms with Gasteiger partial charge in [-0.15, -0.1) is 6.58 Å². The summed E-state index contributed by atoms with van der Waals surface area (Å²) in [6, 6.07) is 0. The van der Waals surface area contributed by atoms with Crippen LogP contribution in [0.4, 0.5) is 0 Å². The number of esters is 2. The van der Waals surface area contributed by atoms with Crippen molar-refractivity contribution in [1.82, 2.24) is 0 Å². The van der Waals surface area contributed by atoms with E-state index in [9.17, 15) is 9.59 Å². The molecule has 1 spiro atoms.